The van der Waals surface area contributed by atoms with Crippen LogP contribution in [0, 0.1) is 0 Å². The summed E-state index contributed by atoms with van der Waals surface area (Å²) in [5.74, 6) is 0. The molecule has 0 aromatic carbocycles. The topological polar surface area (TPSA) is 48.1 Å². The summed E-state index contributed by atoms with van der Waals surface area (Å²) in [6.45, 7) is 6.20. The van der Waals surface area contributed by atoms with Gasteiger partial charge in [0, 0.05) is 12.5 Å². The molecule has 0 fully saturated rings. The monoisotopic (exact) mass is 228 g/mol. The maximum Gasteiger partial charge on any atom is 0.122 e. The second-order valence-corrected chi connectivity index (χ2v) is 4.70. The first-order chi connectivity index (χ1) is 7.07. The van der Waals surface area contributed by atoms with Crippen molar-refractivity contribution in [3.05, 3.63) is 16.1 Å². The van der Waals surface area contributed by atoms with Crippen LogP contribution in [-0.4, -0.2) is 12.1 Å². The van der Waals surface area contributed by atoms with Gasteiger partial charge in [0.15, 0.2) is 0 Å². The first-order valence-corrected chi connectivity index (χ1v) is 6.23. The van der Waals surface area contributed by atoms with Gasteiger partial charge in [-0.15, -0.1) is 11.3 Å². The van der Waals surface area contributed by atoms with Gasteiger partial charge in [0.25, 0.3) is 0 Å². The van der Waals surface area contributed by atoms with Crippen LogP contribution in [0.4, 0.5) is 0 Å². The van der Waals surface area contributed by atoms with Gasteiger partial charge in [-0.1, -0.05) is 13.8 Å². The van der Waals surface area contributed by atoms with Crippen molar-refractivity contribution >= 4 is 11.3 Å². The minimum absolute atomic E-state index is 0.0571. The normalized spacial score (nSPS) is 14.2. The molecule has 0 aliphatic carbocycles. The van der Waals surface area contributed by atoms with E-state index in [1.54, 1.807) is 18.4 Å². The van der Waals surface area contributed by atoms with Gasteiger partial charge in [-0.2, -0.15) is 0 Å². The van der Waals surface area contributed by atoms with E-state index in [-0.39, 0.29) is 11.6 Å². The Bertz CT molecular complexity index is 307. The van der Waals surface area contributed by atoms with Crippen LogP contribution >= 0.6 is 11.3 Å². The summed E-state index contributed by atoms with van der Waals surface area (Å²) < 4.78 is 5.24. The SMILES string of the molecule is CCC(N)(CC)c1csc(C(C)OC)n1. The molecule has 0 saturated heterocycles. The molecule has 0 amide bonds. The molecule has 15 heavy (non-hydrogen) atoms. The molecule has 1 atom stereocenters. The number of hydrogen-bond acceptors (Lipinski definition) is 4. The Labute approximate surface area is 95.7 Å². The molecule has 0 spiro atoms. The molecule has 1 unspecified atom stereocenters. The Morgan fingerprint density at radius 3 is 2.60 bits per heavy atom. The van der Waals surface area contributed by atoms with Crippen molar-refractivity contribution in [3.63, 3.8) is 0 Å². The molecule has 1 aromatic rings. The maximum atomic E-state index is 6.28. The van der Waals surface area contributed by atoms with Crippen molar-refractivity contribution in [2.75, 3.05) is 7.11 Å². The van der Waals surface area contributed by atoms with Crippen molar-refractivity contribution in [1.29, 1.82) is 0 Å². The van der Waals surface area contributed by atoms with Crippen LogP contribution in [0.3, 0.4) is 0 Å². The highest BCUT2D eigenvalue weighted by molar-refractivity contribution is 7.09. The Morgan fingerprint density at radius 2 is 2.13 bits per heavy atom. The number of nitrogens with zero attached hydrogens (tertiary/aromatic N) is 1. The minimum atomic E-state index is -0.276. The summed E-state index contributed by atoms with van der Waals surface area (Å²) in [5.41, 5.74) is 7.00. The van der Waals surface area contributed by atoms with Gasteiger partial charge in [0.1, 0.15) is 11.1 Å². The number of thiazole rings is 1. The molecule has 86 valence electrons. The maximum absolute atomic E-state index is 6.28. The summed E-state index contributed by atoms with van der Waals surface area (Å²) in [7, 11) is 1.70. The molecule has 0 aliphatic heterocycles. The highest BCUT2D eigenvalue weighted by Gasteiger charge is 2.26. The molecular formula is C11H20N2OS. The zero-order chi connectivity index (χ0) is 11.5. The molecular weight excluding hydrogens is 208 g/mol. The third-order valence-electron chi connectivity index (χ3n) is 3.00. The fourth-order valence-electron chi connectivity index (χ4n) is 1.42. The van der Waals surface area contributed by atoms with Crippen LogP contribution < -0.4 is 5.73 Å². The zero-order valence-electron chi connectivity index (χ0n) is 9.91. The number of hydrogen-bond donors (Lipinski definition) is 1. The predicted molar refractivity (Wildman–Crippen MR) is 64.0 cm³/mol. The Morgan fingerprint density at radius 1 is 1.53 bits per heavy atom. The second-order valence-electron chi connectivity index (χ2n) is 3.81. The van der Waals surface area contributed by atoms with Crippen LogP contribution in [0.5, 0.6) is 0 Å². The Kier molecular flexibility index (Phi) is 4.25. The number of rotatable bonds is 5. The average Bonchev–Trinajstić information content (AvgIpc) is 2.76. The quantitative estimate of drug-likeness (QED) is 0.843. The molecule has 1 aromatic heterocycles. The van der Waals surface area contributed by atoms with Crippen molar-refractivity contribution in [1.82, 2.24) is 4.98 Å². The van der Waals surface area contributed by atoms with Crippen LogP contribution in [0.1, 0.15) is 50.4 Å². The van der Waals surface area contributed by atoms with Gasteiger partial charge in [0.05, 0.1) is 11.2 Å². The van der Waals surface area contributed by atoms with Crippen LogP contribution in [0.2, 0.25) is 0 Å². The molecule has 4 heteroatoms. The summed E-state index contributed by atoms with van der Waals surface area (Å²) >= 11 is 1.62. The number of nitrogens with two attached hydrogens (primary N) is 1. The van der Waals surface area contributed by atoms with Crippen LogP contribution in [0.25, 0.3) is 0 Å². The van der Waals surface area contributed by atoms with E-state index in [1.165, 1.54) is 0 Å². The van der Waals surface area contributed by atoms with E-state index in [0.717, 1.165) is 23.5 Å². The number of ether oxygens (including phenoxy) is 1. The Balaban J connectivity index is 2.92. The van der Waals surface area contributed by atoms with Crippen molar-refractivity contribution < 1.29 is 4.74 Å². The highest BCUT2D eigenvalue weighted by Crippen LogP contribution is 2.29. The van der Waals surface area contributed by atoms with Gasteiger partial charge in [0.2, 0.25) is 0 Å². The van der Waals surface area contributed by atoms with Gasteiger partial charge >= 0.3 is 0 Å². The largest absolute Gasteiger partial charge is 0.375 e. The van der Waals surface area contributed by atoms with Crippen molar-refractivity contribution in [3.8, 4) is 0 Å². The summed E-state index contributed by atoms with van der Waals surface area (Å²) in [6, 6.07) is 0. The first-order valence-electron chi connectivity index (χ1n) is 5.35. The zero-order valence-corrected chi connectivity index (χ0v) is 10.7. The van der Waals surface area contributed by atoms with E-state index in [9.17, 15) is 0 Å². The Hall–Kier alpha value is -0.450. The average molecular weight is 228 g/mol. The van der Waals surface area contributed by atoms with E-state index in [1.807, 2.05) is 6.92 Å². The van der Waals surface area contributed by atoms with Crippen LogP contribution in [0.15, 0.2) is 5.38 Å². The third kappa shape index (κ3) is 2.56. The minimum Gasteiger partial charge on any atom is -0.375 e. The van der Waals surface area contributed by atoms with Crippen molar-refractivity contribution in [2.24, 2.45) is 5.73 Å². The molecule has 0 radical (unpaired) electrons. The smallest absolute Gasteiger partial charge is 0.122 e. The van der Waals surface area contributed by atoms with Crippen LogP contribution in [-0.2, 0) is 10.3 Å². The van der Waals surface area contributed by atoms with E-state index >= 15 is 0 Å². The fraction of sp³-hybridized carbons (Fsp3) is 0.727. The van der Waals surface area contributed by atoms with E-state index in [0.29, 0.717) is 0 Å². The lowest BCUT2D eigenvalue weighted by Gasteiger charge is -2.24. The first kappa shape index (κ1) is 12.6. The lowest BCUT2D eigenvalue weighted by atomic mass is 9.91. The standard InChI is InChI=1S/C11H20N2OS/c1-5-11(12,6-2)9-7-15-10(13-9)8(3)14-4/h7-8H,5-6,12H2,1-4H3. The molecule has 1 heterocycles. The molecule has 2 N–H and O–H groups in total. The molecule has 0 bridgehead atoms. The third-order valence-corrected chi connectivity index (χ3v) is 4.00. The van der Waals surface area contributed by atoms with E-state index in [2.05, 4.69) is 24.2 Å². The van der Waals surface area contributed by atoms with Gasteiger partial charge in [-0.05, 0) is 19.8 Å². The van der Waals surface area contributed by atoms with E-state index < -0.39 is 0 Å². The molecule has 0 saturated carbocycles. The number of methoxy groups -OCH3 is 1. The molecule has 1 rings (SSSR count). The number of aromatic nitrogens is 1. The summed E-state index contributed by atoms with van der Waals surface area (Å²) in [4.78, 5) is 4.56. The summed E-state index contributed by atoms with van der Waals surface area (Å²) in [6.07, 6.45) is 1.88. The van der Waals surface area contributed by atoms with E-state index in [4.69, 9.17) is 10.5 Å². The lowest BCUT2D eigenvalue weighted by Crippen LogP contribution is -2.35. The van der Waals surface area contributed by atoms with Gasteiger partial charge in [-0.3, -0.25) is 0 Å². The van der Waals surface area contributed by atoms with Gasteiger partial charge in [-0.25, -0.2) is 4.98 Å². The summed E-state index contributed by atoms with van der Waals surface area (Å²) in [5, 5.41) is 3.06. The highest BCUT2D eigenvalue weighted by atomic mass is 32.1. The fourth-order valence-corrected chi connectivity index (χ4v) is 2.37. The molecule has 3 nitrogen and oxygen atoms in total. The molecule has 0 aliphatic rings. The van der Waals surface area contributed by atoms with Gasteiger partial charge < -0.3 is 10.5 Å². The van der Waals surface area contributed by atoms with Crippen molar-refractivity contribution in [2.45, 2.75) is 45.3 Å². The second kappa shape index (κ2) is 5.05. The predicted octanol–water partition coefficient (Wildman–Crippen LogP) is 2.82. The lowest BCUT2D eigenvalue weighted by molar-refractivity contribution is 0.119.